The molecule has 0 saturated heterocycles. The van der Waals surface area contributed by atoms with Crippen molar-refractivity contribution in [3.05, 3.63) is 63.8 Å². The lowest BCUT2D eigenvalue weighted by Gasteiger charge is -2.43. The van der Waals surface area contributed by atoms with Crippen LogP contribution in [0.3, 0.4) is 0 Å². The minimum atomic E-state index is -1.15. The van der Waals surface area contributed by atoms with Crippen molar-refractivity contribution in [2.24, 2.45) is 0 Å². The Morgan fingerprint density at radius 1 is 1.26 bits per heavy atom. The standard InChI is InChI=1S/C21H18BrN3O2/c1-2-18(26)25-10-9-14-13-5-3-4-6-16(13)23-19(14)21(25)15-11-12(22)7-8-17(15)24-20(21)27/h3-8,11,23H,2,9-10H2,1H3,(H,24,27)/t21-/m0/s1. The molecule has 0 aliphatic carbocycles. The van der Waals surface area contributed by atoms with Crippen LogP contribution in [0, 0.1) is 0 Å². The molecule has 0 bridgehead atoms. The molecule has 2 N–H and O–H groups in total. The van der Waals surface area contributed by atoms with Gasteiger partial charge in [0.05, 0.1) is 5.69 Å². The highest BCUT2D eigenvalue weighted by Gasteiger charge is 2.57. The lowest BCUT2D eigenvalue weighted by molar-refractivity contribution is -0.143. The number of aromatic amines is 1. The number of nitrogens with one attached hydrogen (secondary N) is 2. The number of hydrogen-bond acceptors (Lipinski definition) is 2. The molecule has 6 heteroatoms. The molecule has 0 fully saturated rings. The molecule has 1 spiro atoms. The molecule has 2 amide bonds. The van der Waals surface area contributed by atoms with Gasteiger partial charge in [0.15, 0.2) is 5.54 Å². The number of fused-ring (bicyclic) bond motifs is 6. The first-order chi connectivity index (χ1) is 13.1. The van der Waals surface area contributed by atoms with E-state index in [1.54, 1.807) is 4.90 Å². The van der Waals surface area contributed by atoms with Crippen molar-refractivity contribution in [2.75, 3.05) is 11.9 Å². The molecule has 2 aromatic carbocycles. The highest BCUT2D eigenvalue weighted by molar-refractivity contribution is 9.10. The molecule has 2 aliphatic rings. The summed E-state index contributed by atoms with van der Waals surface area (Å²) in [5.74, 6) is -0.202. The average molecular weight is 424 g/mol. The maximum atomic E-state index is 13.4. The first-order valence-electron chi connectivity index (χ1n) is 9.09. The zero-order chi connectivity index (χ0) is 18.8. The van der Waals surface area contributed by atoms with Crippen molar-refractivity contribution in [1.29, 1.82) is 0 Å². The molecule has 0 unspecified atom stereocenters. The Hall–Kier alpha value is -2.60. The van der Waals surface area contributed by atoms with E-state index < -0.39 is 5.54 Å². The van der Waals surface area contributed by atoms with Gasteiger partial charge in [0, 0.05) is 39.6 Å². The smallest absolute Gasteiger partial charge is 0.261 e. The van der Waals surface area contributed by atoms with E-state index in [0.29, 0.717) is 13.0 Å². The lowest BCUT2D eigenvalue weighted by Crippen LogP contribution is -2.57. The number of H-pyrrole nitrogens is 1. The summed E-state index contributed by atoms with van der Waals surface area (Å²) in [6.07, 6.45) is 1.08. The number of halogens is 1. The van der Waals surface area contributed by atoms with Crippen molar-refractivity contribution >= 4 is 44.3 Å². The maximum absolute atomic E-state index is 13.4. The summed E-state index contributed by atoms with van der Waals surface area (Å²) in [6.45, 7) is 2.35. The third-order valence-electron chi connectivity index (χ3n) is 5.72. The molecule has 2 aliphatic heterocycles. The van der Waals surface area contributed by atoms with Crippen LogP contribution in [0.25, 0.3) is 10.9 Å². The van der Waals surface area contributed by atoms with Gasteiger partial charge in [-0.1, -0.05) is 41.1 Å². The van der Waals surface area contributed by atoms with Gasteiger partial charge in [-0.15, -0.1) is 0 Å². The van der Waals surface area contributed by atoms with Gasteiger partial charge in [-0.25, -0.2) is 0 Å². The normalized spacial score (nSPS) is 20.7. The van der Waals surface area contributed by atoms with Crippen LogP contribution in [0.1, 0.15) is 30.2 Å². The summed E-state index contributed by atoms with van der Waals surface area (Å²) in [7, 11) is 0. The Kier molecular flexibility index (Phi) is 3.49. The Balaban J connectivity index is 1.89. The molecule has 3 heterocycles. The Morgan fingerprint density at radius 2 is 2.07 bits per heavy atom. The molecule has 1 aromatic heterocycles. The van der Waals surface area contributed by atoms with Gasteiger partial charge < -0.3 is 15.2 Å². The number of carbonyl (C=O) groups is 2. The quantitative estimate of drug-likeness (QED) is 0.622. The summed E-state index contributed by atoms with van der Waals surface area (Å²) in [5.41, 5.74) is 3.34. The molecular formula is C21H18BrN3O2. The number of benzene rings is 2. The fourth-order valence-electron chi connectivity index (χ4n) is 4.57. The van der Waals surface area contributed by atoms with Gasteiger partial charge in [-0.2, -0.15) is 0 Å². The summed E-state index contributed by atoms with van der Waals surface area (Å²) in [6, 6.07) is 13.8. The maximum Gasteiger partial charge on any atom is 0.261 e. The summed E-state index contributed by atoms with van der Waals surface area (Å²) >= 11 is 3.53. The van der Waals surface area contributed by atoms with Gasteiger partial charge in [0.25, 0.3) is 5.91 Å². The molecule has 1 atom stereocenters. The van der Waals surface area contributed by atoms with Gasteiger partial charge in [-0.3, -0.25) is 9.59 Å². The van der Waals surface area contributed by atoms with E-state index >= 15 is 0 Å². The van der Waals surface area contributed by atoms with Crippen molar-refractivity contribution < 1.29 is 9.59 Å². The molecular weight excluding hydrogens is 406 g/mol. The van der Waals surface area contributed by atoms with Crippen LogP contribution in [0.5, 0.6) is 0 Å². The molecule has 3 aromatic rings. The first kappa shape index (κ1) is 16.6. The summed E-state index contributed by atoms with van der Waals surface area (Å²) in [4.78, 5) is 31.6. The minimum Gasteiger partial charge on any atom is -0.355 e. The largest absolute Gasteiger partial charge is 0.355 e. The molecule has 5 nitrogen and oxygen atoms in total. The van der Waals surface area contributed by atoms with Crippen molar-refractivity contribution in [3.8, 4) is 0 Å². The molecule has 136 valence electrons. The SMILES string of the molecule is CCC(=O)N1CCc2c([nH]c3ccccc23)[C@@]12C(=O)Nc1ccc(Br)cc12. The van der Waals surface area contributed by atoms with Crippen molar-refractivity contribution in [2.45, 2.75) is 25.3 Å². The van der Waals surface area contributed by atoms with E-state index in [9.17, 15) is 9.59 Å². The second-order valence-electron chi connectivity index (χ2n) is 7.03. The predicted molar refractivity (Wildman–Crippen MR) is 108 cm³/mol. The molecule has 5 rings (SSSR count). The Bertz CT molecular complexity index is 1120. The zero-order valence-corrected chi connectivity index (χ0v) is 16.4. The van der Waals surface area contributed by atoms with Crippen LogP contribution >= 0.6 is 15.9 Å². The van der Waals surface area contributed by atoms with Crippen LogP contribution in [0.4, 0.5) is 5.69 Å². The number of nitrogens with zero attached hydrogens (tertiary/aromatic N) is 1. The van der Waals surface area contributed by atoms with Crippen LogP contribution in [0.15, 0.2) is 46.9 Å². The van der Waals surface area contributed by atoms with Gasteiger partial charge >= 0.3 is 0 Å². The van der Waals surface area contributed by atoms with E-state index in [2.05, 4.69) is 32.3 Å². The van der Waals surface area contributed by atoms with Gasteiger partial charge in [0.1, 0.15) is 0 Å². The minimum absolute atomic E-state index is 0.0257. The fraction of sp³-hybridized carbons (Fsp3) is 0.238. The highest BCUT2D eigenvalue weighted by atomic mass is 79.9. The van der Waals surface area contributed by atoms with Crippen LogP contribution in [-0.4, -0.2) is 28.2 Å². The van der Waals surface area contributed by atoms with Crippen LogP contribution < -0.4 is 5.32 Å². The van der Waals surface area contributed by atoms with E-state index in [1.807, 2.05) is 43.3 Å². The Labute approximate surface area is 164 Å². The van der Waals surface area contributed by atoms with Crippen LogP contribution in [0.2, 0.25) is 0 Å². The van der Waals surface area contributed by atoms with Crippen molar-refractivity contribution in [1.82, 2.24) is 9.88 Å². The third-order valence-corrected chi connectivity index (χ3v) is 6.21. The number of rotatable bonds is 1. The van der Waals surface area contributed by atoms with Crippen molar-refractivity contribution in [3.63, 3.8) is 0 Å². The first-order valence-corrected chi connectivity index (χ1v) is 9.88. The third kappa shape index (κ3) is 2.04. The predicted octanol–water partition coefficient (Wildman–Crippen LogP) is 3.92. The summed E-state index contributed by atoms with van der Waals surface area (Å²) < 4.78 is 0.879. The number of anilines is 1. The van der Waals surface area contributed by atoms with E-state index in [1.165, 1.54) is 0 Å². The monoisotopic (exact) mass is 423 g/mol. The van der Waals surface area contributed by atoms with E-state index in [4.69, 9.17) is 0 Å². The Morgan fingerprint density at radius 3 is 2.89 bits per heavy atom. The second-order valence-corrected chi connectivity index (χ2v) is 7.94. The second kappa shape index (κ2) is 5.70. The van der Waals surface area contributed by atoms with Crippen LogP contribution in [-0.2, 0) is 21.5 Å². The highest BCUT2D eigenvalue weighted by Crippen LogP contribution is 2.50. The van der Waals surface area contributed by atoms with Gasteiger partial charge in [0.2, 0.25) is 5.91 Å². The number of amides is 2. The number of para-hydroxylation sites is 1. The zero-order valence-electron chi connectivity index (χ0n) is 14.8. The topological polar surface area (TPSA) is 65.2 Å². The number of hydrogen-bond donors (Lipinski definition) is 2. The van der Waals surface area contributed by atoms with E-state index in [-0.39, 0.29) is 11.8 Å². The fourth-order valence-corrected chi connectivity index (χ4v) is 4.93. The lowest BCUT2D eigenvalue weighted by atomic mass is 9.79. The average Bonchev–Trinajstić information content (AvgIpc) is 3.19. The van der Waals surface area contributed by atoms with Gasteiger partial charge in [-0.05, 0) is 36.2 Å². The number of aromatic nitrogens is 1. The molecule has 0 radical (unpaired) electrons. The molecule has 27 heavy (non-hydrogen) atoms. The summed E-state index contributed by atoms with van der Waals surface area (Å²) in [5, 5.41) is 4.12. The van der Waals surface area contributed by atoms with E-state index in [0.717, 1.165) is 44.3 Å². The number of carbonyl (C=O) groups excluding carboxylic acids is 2. The molecule has 0 saturated carbocycles.